The van der Waals surface area contributed by atoms with E-state index in [9.17, 15) is 8.78 Å². The van der Waals surface area contributed by atoms with Crippen LogP contribution in [0, 0.1) is 11.6 Å². The minimum atomic E-state index is -0.762. The number of unbranched alkanes of at least 4 members (excludes halogenated alkanes) is 6. The number of allylic oxidation sites excluding steroid dienone is 2. The van der Waals surface area contributed by atoms with Gasteiger partial charge < -0.3 is 0 Å². The fourth-order valence-electron chi connectivity index (χ4n) is 4.38. The molecule has 156 valence electrons. The molecule has 0 spiro atoms. The number of halogens is 2. The van der Waals surface area contributed by atoms with Crippen molar-refractivity contribution in [2.75, 3.05) is 0 Å². The van der Waals surface area contributed by atoms with E-state index in [2.05, 4.69) is 37.3 Å². The first-order chi connectivity index (χ1) is 14.2. The van der Waals surface area contributed by atoms with Crippen molar-refractivity contribution in [2.24, 2.45) is 0 Å². The van der Waals surface area contributed by atoms with E-state index in [0.717, 1.165) is 24.8 Å². The van der Waals surface area contributed by atoms with E-state index in [-0.39, 0.29) is 0 Å². The van der Waals surface area contributed by atoms with Crippen LogP contribution in [0.3, 0.4) is 0 Å². The SMILES string of the molecule is CCCCCCCCCc1ccc(C2CC=C(c3cccc(F)c3F)CC2)cc1. The third kappa shape index (κ3) is 6.26. The smallest absolute Gasteiger partial charge is 0.166 e. The molecule has 0 aromatic heterocycles. The van der Waals surface area contributed by atoms with Crippen molar-refractivity contribution < 1.29 is 8.78 Å². The van der Waals surface area contributed by atoms with Crippen LogP contribution in [0.25, 0.3) is 5.57 Å². The standard InChI is InChI=1S/C27H34F2/c1-2-3-4-5-6-7-8-10-21-13-15-22(16-14-21)23-17-19-24(20-18-23)25-11-9-12-26(28)27(25)29/h9,11-16,19,23H,2-8,10,17-18,20H2,1H3. The largest absolute Gasteiger partial charge is 0.204 e. The summed E-state index contributed by atoms with van der Waals surface area (Å²) in [6.07, 6.45) is 15.4. The van der Waals surface area contributed by atoms with Gasteiger partial charge in [-0.2, -0.15) is 0 Å². The van der Waals surface area contributed by atoms with Crippen LogP contribution < -0.4 is 0 Å². The summed E-state index contributed by atoms with van der Waals surface area (Å²) in [5.74, 6) is -1.00. The van der Waals surface area contributed by atoms with Crippen molar-refractivity contribution in [1.29, 1.82) is 0 Å². The maximum Gasteiger partial charge on any atom is 0.166 e. The minimum absolute atomic E-state index is 0.425. The average Bonchev–Trinajstić information content (AvgIpc) is 2.76. The summed E-state index contributed by atoms with van der Waals surface area (Å²) >= 11 is 0. The van der Waals surface area contributed by atoms with E-state index in [1.54, 1.807) is 12.1 Å². The Morgan fingerprint density at radius 3 is 2.28 bits per heavy atom. The molecule has 1 aliphatic carbocycles. The Balaban J connectivity index is 1.47. The maximum atomic E-state index is 14.0. The van der Waals surface area contributed by atoms with Crippen LogP contribution in [0.15, 0.2) is 48.5 Å². The number of aryl methyl sites for hydroxylation is 1. The average molecular weight is 397 g/mol. The predicted molar refractivity (Wildman–Crippen MR) is 119 cm³/mol. The van der Waals surface area contributed by atoms with E-state index in [1.807, 2.05) is 0 Å². The van der Waals surface area contributed by atoms with E-state index in [1.165, 1.54) is 68.6 Å². The monoisotopic (exact) mass is 396 g/mol. The molecule has 2 heteroatoms. The molecule has 0 saturated carbocycles. The Labute approximate surface area is 175 Å². The van der Waals surface area contributed by atoms with Crippen LogP contribution in [-0.4, -0.2) is 0 Å². The van der Waals surface area contributed by atoms with Gasteiger partial charge in [-0.3, -0.25) is 0 Å². The Morgan fingerprint density at radius 1 is 0.862 bits per heavy atom. The molecular formula is C27H34F2. The first-order valence-electron chi connectivity index (χ1n) is 11.4. The van der Waals surface area contributed by atoms with E-state index < -0.39 is 11.6 Å². The molecule has 0 amide bonds. The molecule has 0 bridgehead atoms. The lowest BCUT2D eigenvalue weighted by atomic mass is 9.82. The van der Waals surface area contributed by atoms with Crippen molar-refractivity contribution in [3.63, 3.8) is 0 Å². The van der Waals surface area contributed by atoms with E-state index in [4.69, 9.17) is 0 Å². The molecular weight excluding hydrogens is 362 g/mol. The quantitative estimate of drug-likeness (QED) is 0.353. The molecule has 2 aromatic carbocycles. The van der Waals surface area contributed by atoms with Crippen LogP contribution in [0.4, 0.5) is 8.78 Å². The van der Waals surface area contributed by atoms with Gasteiger partial charge in [0.25, 0.3) is 0 Å². The van der Waals surface area contributed by atoms with Crippen LogP contribution in [0.5, 0.6) is 0 Å². The molecule has 1 unspecified atom stereocenters. The van der Waals surface area contributed by atoms with Gasteiger partial charge in [0.15, 0.2) is 11.6 Å². The molecule has 0 N–H and O–H groups in total. The summed E-state index contributed by atoms with van der Waals surface area (Å²) < 4.78 is 27.5. The third-order valence-electron chi connectivity index (χ3n) is 6.23. The molecule has 0 fully saturated rings. The lowest BCUT2D eigenvalue weighted by Crippen LogP contribution is -2.05. The van der Waals surface area contributed by atoms with Gasteiger partial charge in [-0.1, -0.05) is 87.9 Å². The summed E-state index contributed by atoms with van der Waals surface area (Å²) in [6, 6.07) is 13.5. The number of benzene rings is 2. The number of hydrogen-bond acceptors (Lipinski definition) is 0. The van der Waals surface area contributed by atoms with Gasteiger partial charge in [0.1, 0.15) is 0 Å². The van der Waals surface area contributed by atoms with Crippen LogP contribution in [-0.2, 0) is 6.42 Å². The normalized spacial score (nSPS) is 16.7. The van der Waals surface area contributed by atoms with Gasteiger partial charge in [-0.15, -0.1) is 0 Å². The maximum absolute atomic E-state index is 14.0. The molecule has 1 aliphatic rings. The molecule has 0 saturated heterocycles. The second-order valence-electron chi connectivity index (χ2n) is 8.41. The molecule has 3 rings (SSSR count). The fourth-order valence-corrected chi connectivity index (χ4v) is 4.38. The van der Waals surface area contributed by atoms with Gasteiger partial charge >= 0.3 is 0 Å². The molecule has 0 heterocycles. The van der Waals surface area contributed by atoms with Crippen LogP contribution in [0.2, 0.25) is 0 Å². The predicted octanol–water partition coefficient (Wildman–Crippen LogP) is 8.61. The summed E-state index contributed by atoms with van der Waals surface area (Å²) in [5.41, 5.74) is 4.15. The molecule has 0 aliphatic heterocycles. The van der Waals surface area contributed by atoms with E-state index in [0.29, 0.717) is 11.5 Å². The topological polar surface area (TPSA) is 0 Å². The number of rotatable bonds is 10. The summed E-state index contributed by atoms with van der Waals surface area (Å²) in [7, 11) is 0. The lowest BCUT2D eigenvalue weighted by Gasteiger charge is -2.23. The molecule has 0 nitrogen and oxygen atoms in total. The Kier molecular flexibility index (Phi) is 8.46. The number of hydrogen-bond donors (Lipinski definition) is 0. The highest BCUT2D eigenvalue weighted by Crippen LogP contribution is 2.37. The lowest BCUT2D eigenvalue weighted by molar-refractivity contribution is 0.505. The fraction of sp³-hybridized carbons (Fsp3) is 0.481. The van der Waals surface area contributed by atoms with Gasteiger partial charge in [-0.05, 0) is 60.8 Å². The van der Waals surface area contributed by atoms with Crippen molar-refractivity contribution in [1.82, 2.24) is 0 Å². The second kappa shape index (κ2) is 11.3. The first kappa shape index (κ1) is 21.7. The second-order valence-corrected chi connectivity index (χ2v) is 8.41. The summed E-state index contributed by atoms with van der Waals surface area (Å²) in [5, 5.41) is 0. The van der Waals surface area contributed by atoms with Crippen LogP contribution >= 0.6 is 0 Å². The zero-order valence-electron chi connectivity index (χ0n) is 17.7. The molecule has 0 radical (unpaired) electrons. The van der Waals surface area contributed by atoms with Crippen molar-refractivity contribution >= 4 is 5.57 Å². The van der Waals surface area contributed by atoms with Crippen molar-refractivity contribution in [2.45, 2.75) is 83.5 Å². The molecule has 2 aromatic rings. The Hall–Kier alpha value is -1.96. The van der Waals surface area contributed by atoms with Gasteiger partial charge in [0, 0.05) is 5.56 Å². The zero-order chi connectivity index (χ0) is 20.5. The van der Waals surface area contributed by atoms with Gasteiger partial charge in [0.05, 0.1) is 0 Å². The Morgan fingerprint density at radius 2 is 1.59 bits per heavy atom. The van der Waals surface area contributed by atoms with Crippen molar-refractivity contribution in [3.8, 4) is 0 Å². The van der Waals surface area contributed by atoms with E-state index >= 15 is 0 Å². The minimum Gasteiger partial charge on any atom is -0.204 e. The highest BCUT2D eigenvalue weighted by molar-refractivity contribution is 5.67. The highest BCUT2D eigenvalue weighted by atomic mass is 19.2. The van der Waals surface area contributed by atoms with Gasteiger partial charge in [0.2, 0.25) is 0 Å². The summed E-state index contributed by atoms with van der Waals surface area (Å²) in [6.45, 7) is 2.26. The highest BCUT2D eigenvalue weighted by Gasteiger charge is 2.19. The van der Waals surface area contributed by atoms with Crippen molar-refractivity contribution in [3.05, 3.63) is 76.9 Å². The first-order valence-corrected chi connectivity index (χ1v) is 11.4. The Bertz CT molecular complexity index is 789. The molecule has 1 atom stereocenters. The molecule has 29 heavy (non-hydrogen) atoms. The van der Waals surface area contributed by atoms with Crippen LogP contribution in [0.1, 0.15) is 93.7 Å². The third-order valence-corrected chi connectivity index (χ3v) is 6.23. The summed E-state index contributed by atoms with van der Waals surface area (Å²) in [4.78, 5) is 0. The van der Waals surface area contributed by atoms with Gasteiger partial charge in [-0.25, -0.2) is 8.78 Å². The zero-order valence-corrected chi connectivity index (χ0v) is 17.7.